The Morgan fingerprint density at radius 1 is 1.14 bits per heavy atom. The van der Waals surface area contributed by atoms with Gasteiger partial charge in [-0.3, -0.25) is 24.7 Å². The van der Waals surface area contributed by atoms with E-state index in [-0.39, 0.29) is 29.8 Å². The summed E-state index contributed by atoms with van der Waals surface area (Å²) < 4.78 is 6.03. The number of amides is 2. The molecule has 1 aliphatic rings. The number of benzene rings is 2. The molecule has 0 unspecified atom stereocenters. The highest BCUT2D eigenvalue weighted by Crippen LogP contribution is 2.29. The van der Waals surface area contributed by atoms with Crippen LogP contribution in [0.25, 0.3) is 10.9 Å². The maximum Gasteiger partial charge on any atom is 0.251 e. The van der Waals surface area contributed by atoms with Gasteiger partial charge in [-0.1, -0.05) is 25.1 Å². The second-order valence-corrected chi connectivity index (χ2v) is 10.4. The molecule has 4 rings (SSSR count). The van der Waals surface area contributed by atoms with Gasteiger partial charge in [-0.05, 0) is 63.6 Å². The van der Waals surface area contributed by atoms with Crippen molar-refractivity contribution >= 4 is 22.7 Å². The van der Waals surface area contributed by atoms with Crippen LogP contribution in [0.3, 0.4) is 0 Å². The van der Waals surface area contributed by atoms with E-state index in [2.05, 4.69) is 36.0 Å². The second-order valence-electron chi connectivity index (χ2n) is 10.4. The Kier molecular flexibility index (Phi) is 8.10. The Morgan fingerprint density at radius 3 is 2.57 bits per heavy atom. The van der Waals surface area contributed by atoms with Crippen LogP contribution in [-0.2, 0) is 11.4 Å². The number of nitrogens with one attached hydrogen (secondary N) is 2. The van der Waals surface area contributed by atoms with Crippen molar-refractivity contribution in [3.8, 4) is 5.75 Å². The first-order chi connectivity index (χ1) is 17.7. The molecule has 0 aliphatic carbocycles. The van der Waals surface area contributed by atoms with Crippen molar-refractivity contribution in [3.05, 3.63) is 71.4 Å². The van der Waals surface area contributed by atoms with Gasteiger partial charge in [0.05, 0.1) is 5.52 Å². The van der Waals surface area contributed by atoms with Crippen LogP contribution >= 0.6 is 0 Å². The van der Waals surface area contributed by atoms with E-state index in [0.29, 0.717) is 31.0 Å². The van der Waals surface area contributed by atoms with E-state index in [0.717, 1.165) is 28.6 Å². The molecule has 2 atom stereocenters. The molecule has 1 aliphatic heterocycles. The third kappa shape index (κ3) is 6.26. The van der Waals surface area contributed by atoms with Crippen molar-refractivity contribution < 1.29 is 19.5 Å². The van der Waals surface area contributed by atoms with E-state index in [1.807, 2.05) is 37.3 Å². The summed E-state index contributed by atoms with van der Waals surface area (Å²) in [6.45, 7) is 10.1. The standard InChI is InChI=1S/C29H36N4O4/c1-5-29(3,4)33-16-21(15-27(34)32-36)26(17-33)31-28(35)20-10-12-23(13-11-20)37-18-22-14-19(2)30-25-9-7-6-8-24(22)25/h6-14,21,26,36H,5,15-18H2,1-4H3,(H,31,35)(H,32,34)/t21-,26+/m0/s1. The average molecular weight is 505 g/mol. The van der Waals surface area contributed by atoms with E-state index < -0.39 is 5.91 Å². The first-order valence-corrected chi connectivity index (χ1v) is 12.8. The zero-order chi connectivity index (χ0) is 26.6. The van der Waals surface area contributed by atoms with Gasteiger partial charge in [0, 0.05) is 59.2 Å². The lowest BCUT2D eigenvalue weighted by atomic mass is 9.98. The van der Waals surface area contributed by atoms with Crippen LogP contribution in [0.5, 0.6) is 5.75 Å². The summed E-state index contributed by atoms with van der Waals surface area (Å²) in [6, 6.07) is 16.9. The molecular formula is C29H36N4O4. The monoisotopic (exact) mass is 504 g/mol. The molecule has 37 heavy (non-hydrogen) atoms. The molecule has 1 fully saturated rings. The minimum absolute atomic E-state index is 0.0505. The predicted octanol–water partition coefficient (Wildman–Crippen LogP) is 4.24. The number of nitrogens with zero attached hydrogens (tertiary/aromatic N) is 2. The Morgan fingerprint density at radius 2 is 1.86 bits per heavy atom. The Balaban J connectivity index is 1.41. The summed E-state index contributed by atoms with van der Waals surface area (Å²) in [5, 5.41) is 13.2. The Labute approximate surface area is 218 Å². The average Bonchev–Trinajstić information content (AvgIpc) is 3.30. The summed E-state index contributed by atoms with van der Waals surface area (Å²) in [6.07, 6.45) is 1.09. The highest BCUT2D eigenvalue weighted by Gasteiger charge is 2.40. The molecule has 1 saturated heterocycles. The van der Waals surface area contributed by atoms with Crippen molar-refractivity contribution in [2.45, 2.75) is 58.7 Å². The number of fused-ring (bicyclic) bond motifs is 1. The lowest BCUT2D eigenvalue weighted by Gasteiger charge is -2.34. The van der Waals surface area contributed by atoms with Gasteiger partial charge in [0.1, 0.15) is 12.4 Å². The molecule has 8 heteroatoms. The highest BCUT2D eigenvalue weighted by atomic mass is 16.5. The van der Waals surface area contributed by atoms with Crippen LogP contribution in [-0.4, -0.2) is 51.6 Å². The summed E-state index contributed by atoms with van der Waals surface area (Å²) in [5.74, 6) is -0.0653. The molecule has 1 aromatic heterocycles. The molecule has 3 N–H and O–H groups in total. The third-order valence-electron chi connectivity index (χ3n) is 7.49. The fraction of sp³-hybridized carbons (Fsp3) is 0.414. The minimum Gasteiger partial charge on any atom is -0.489 e. The first-order valence-electron chi connectivity index (χ1n) is 12.8. The predicted molar refractivity (Wildman–Crippen MR) is 142 cm³/mol. The molecule has 3 aromatic rings. The van der Waals surface area contributed by atoms with Crippen LogP contribution in [0.1, 0.15) is 55.2 Å². The molecule has 2 aromatic carbocycles. The van der Waals surface area contributed by atoms with Crippen molar-refractivity contribution in [2.75, 3.05) is 13.1 Å². The number of carbonyl (C=O) groups excluding carboxylic acids is 2. The minimum atomic E-state index is -0.445. The first kappa shape index (κ1) is 26.6. The molecule has 2 heterocycles. The van der Waals surface area contributed by atoms with Gasteiger partial charge in [0.15, 0.2) is 0 Å². The van der Waals surface area contributed by atoms with Crippen LogP contribution in [0.2, 0.25) is 0 Å². The zero-order valence-corrected chi connectivity index (χ0v) is 22.0. The molecule has 0 bridgehead atoms. The lowest BCUT2D eigenvalue weighted by molar-refractivity contribution is -0.130. The molecule has 196 valence electrons. The number of pyridine rings is 1. The molecular weight excluding hydrogens is 468 g/mol. The molecule has 8 nitrogen and oxygen atoms in total. The van der Waals surface area contributed by atoms with E-state index in [1.54, 1.807) is 29.7 Å². The second kappa shape index (κ2) is 11.3. The van der Waals surface area contributed by atoms with Crippen LogP contribution in [0, 0.1) is 12.8 Å². The van der Waals surface area contributed by atoms with Crippen LogP contribution in [0.15, 0.2) is 54.6 Å². The van der Waals surface area contributed by atoms with Gasteiger partial charge >= 0.3 is 0 Å². The van der Waals surface area contributed by atoms with Crippen LogP contribution in [0.4, 0.5) is 0 Å². The zero-order valence-electron chi connectivity index (χ0n) is 22.0. The fourth-order valence-electron chi connectivity index (χ4n) is 4.87. The van der Waals surface area contributed by atoms with E-state index in [1.165, 1.54) is 0 Å². The number of aryl methyl sites for hydroxylation is 1. The largest absolute Gasteiger partial charge is 0.489 e. The number of ether oxygens (including phenoxy) is 1. The summed E-state index contributed by atoms with van der Waals surface area (Å²) >= 11 is 0. The molecule has 0 radical (unpaired) electrons. The Bertz CT molecular complexity index is 1260. The number of aromatic nitrogens is 1. The molecule has 0 spiro atoms. The van der Waals surface area contributed by atoms with E-state index in [9.17, 15) is 9.59 Å². The number of para-hydroxylation sites is 1. The van der Waals surface area contributed by atoms with E-state index >= 15 is 0 Å². The van der Waals surface area contributed by atoms with Gasteiger partial charge in [0.25, 0.3) is 5.91 Å². The highest BCUT2D eigenvalue weighted by molar-refractivity contribution is 5.94. The summed E-state index contributed by atoms with van der Waals surface area (Å²) in [5.41, 5.74) is 5.13. The van der Waals surface area contributed by atoms with Crippen molar-refractivity contribution in [1.29, 1.82) is 0 Å². The van der Waals surface area contributed by atoms with Gasteiger partial charge in [-0.2, -0.15) is 0 Å². The van der Waals surface area contributed by atoms with E-state index in [4.69, 9.17) is 9.94 Å². The number of likely N-dealkylation sites (tertiary alicyclic amines) is 1. The lowest BCUT2D eigenvalue weighted by Crippen LogP contribution is -2.45. The maximum atomic E-state index is 13.1. The maximum absolute atomic E-state index is 13.1. The van der Waals surface area contributed by atoms with Crippen LogP contribution < -0.4 is 15.5 Å². The number of hydroxylamine groups is 1. The van der Waals surface area contributed by atoms with Gasteiger partial charge in [-0.25, -0.2) is 5.48 Å². The third-order valence-corrected chi connectivity index (χ3v) is 7.49. The SMILES string of the molecule is CCC(C)(C)N1C[C@H](CC(=O)NO)[C@H](NC(=O)c2ccc(OCc3cc(C)nc4ccccc34)cc2)C1. The number of carbonyl (C=O) groups is 2. The quantitative estimate of drug-likeness (QED) is 0.298. The smallest absolute Gasteiger partial charge is 0.251 e. The normalized spacial score (nSPS) is 18.1. The fourth-order valence-corrected chi connectivity index (χ4v) is 4.87. The van der Waals surface area contributed by atoms with Gasteiger partial charge in [-0.15, -0.1) is 0 Å². The topological polar surface area (TPSA) is 104 Å². The number of hydrogen-bond acceptors (Lipinski definition) is 6. The number of rotatable bonds is 9. The van der Waals surface area contributed by atoms with Crippen molar-refractivity contribution in [1.82, 2.24) is 20.7 Å². The number of hydrogen-bond donors (Lipinski definition) is 3. The summed E-state index contributed by atoms with van der Waals surface area (Å²) in [4.78, 5) is 31.8. The Hall–Kier alpha value is -3.49. The summed E-state index contributed by atoms with van der Waals surface area (Å²) in [7, 11) is 0. The van der Waals surface area contributed by atoms with Crippen molar-refractivity contribution in [2.24, 2.45) is 5.92 Å². The van der Waals surface area contributed by atoms with Gasteiger partial charge in [0.2, 0.25) is 5.91 Å². The molecule has 2 amide bonds. The van der Waals surface area contributed by atoms with Gasteiger partial charge < -0.3 is 10.1 Å². The molecule has 0 saturated carbocycles. The van der Waals surface area contributed by atoms with Crippen molar-refractivity contribution in [3.63, 3.8) is 0 Å².